The molecule has 0 unspecified atom stereocenters. The molecule has 35 heavy (non-hydrogen) atoms. The van der Waals surface area contributed by atoms with Crippen molar-refractivity contribution in [2.75, 3.05) is 23.8 Å². The number of nitrogens with one attached hydrogen (secondary N) is 3. The number of para-hydroxylation sites is 1. The van der Waals surface area contributed by atoms with Crippen molar-refractivity contribution in [2.24, 2.45) is 0 Å². The van der Waals surface area contributed by atoms with Gasteiger partial charge in [-0.1, -0.05) is 18.2 Å². The highest BCUT2D eigenvalue weighted by molar-refractivity contribution is 5.95. The molecule has 0 radical (unpaired) electrons. The summed E-state index contributed by atoms with van der Waals surface area (Å²) >= 11 is 0. The molecule has 1 saturated heterocycles. The minimum absolute atomic E-state index is 0.0911. The number of rotatable bonds is 6. The van der Waals surface area contributed by atoms with Gasteiger partial charge in [-0.15, -0.1) is 0 Å². The van der Waals surface area contributed by atoms with Crippen LogP contribution < -0.4 is 10.6 Å². The molecule has 1 fully saturated rings. The number of hydrogen-bond acceptors (Lipinski definition) is 7. The van der Waals surface area contributed by atoms with Crippen molar-refractivity contribution in [1.29, 1.82) is 0 Å². The van der Waals surface area contributed by atoms with Crippen LogP contribution in [0.1, 0.15) is 24.4 Å². The van der Waals surface area contributed by atoms with Crippen LogP contribution >= 0.6 is 0 Å². The third-order valence-corrected chi connectivity index (χ3v) is 6.15. The van der Waals surface area contributed by atoms with Gasteiger partial charge in [0.05, 0.1) is 23.1 Å². The molecular weight excluding hydrogens is 454 g/mol. The first kappa shape index (κ1) is 21.4. The Hall–Kier alpha value is -4.12. The second kappa shape index (κ2) is 8.91. The molecule has 0 atom stereocenters. The zero-order chi connectivity index (χ0) is 23.8. The van der Waals surface area contributed by atoms with E-state index in [1.165, 1.54) is 12.1 Å². The van der Waals surface area contributed by atoms with Gasteiger partial charge in [0.25, 0.3) is 0 Å². The average Bonchev–Trinajstić information content (AvgIpc) is 3.49. The monoisotopic (exact) mass is 476 g/mol. The topological polar surface area (TPSA) is 106 Å². The number of anilines is 3. The van der Waals surface area contributed by atoms with Crippen LogP contribution in [-0.2, 0) is 11.3 Å². The molecular formula is C24H22F2N8O. The SMILES string of the molecule is Fc1ccc(CNc2nc(Nc3n[nH]c4ccccc34)c3cnn(C4CCOCC4)c3n2)c(F)c1. The maximum absolute atomic E-state index is 14.2. The number of H-pyrrole nitrogens is 1. The summed E-state index contributed by atoms with van der Waals surface area (Å²) in [5.41, 5.74) is 1.85. The molecule has 2 aromatic carbocycles. The second-order valence-electron chi connectivity index (χ2n) is 8.40. The fraction of sp³-hybridized carbons (Fsp3) is 0.250. The van der Waals surface area contributed by atoms with E-state index >= 15 is 0 Å². The molecule has 5 aromatic rings. The number of nitrogens with zero attached hydrogens (tertiary/aromatic N) is 5. The molecule has 9 nitrogen and oxygen atoms in total. The lowest BCUT2D eigenvalue weighted by Crippen LogP contribution is -2.21. The summed E-state index contributed by atoms with van der Waals surface area (Å²) in [4.78, 5) is 9.34. The minimum atomic E-state index is -0.632. The molecule has 0 saturated carbocycles. The molecule has 6 rings (SSSR count). The third-order valence-electron chi connectivity index (χ3n) is 6.15. The van der Waals surface area contributed by atoms with Crippen LogP contribution in [0.25, 0.3) is 21.9 Å². The number of aromatic nitrogens is 6. The molecule has 178 valence electrons. The van der Waals surface area contributed by atoms with Gasteiger partial charge in [0.1, 0.15) is 17.5 Å². The van der Waals surface area contributed by atoms with E-state index in [0.29, 0.717) is 36.1 Å². The standard InChI is InChI=1S/C24H22F2N8O/c25-15-6-5-14(19(26)11-15)12-27-24-30-21(29-22-17-3-1-2-4-20(17)32-33-22)18-13-28-34(23(18)31-24)16-7-9-35-10-8-16/h1-6,11,13,16H,7-10,12H2,(H3,27,29,30,31,32,33). The predicted octanol–water partition coefficient (Wildman–Crippen LogP) is 4.69. The van der Waals surface area contributed by atoms with Crippen LogP contribution in [0.15, 0.2) is 48.7 Å². The largest absolute Gasteiger partial charge is 0.381 e. The van der Waals surface area contributed by atoms with Gasteiger partial charge in [-0.05, 0) is 31.0 Å². The summed E-state index contributed by atoms with van der Waals surface area (Å²) in [7, 11) is 0. The van der Waals surface area contributed by atoms with Gasteiger partial charge in [-0.3, -0.25) is 5.10 Å². The molecule has 4 heterocycles. The molecule has 11 heteroatoms. The lowest BCUT2D eigenvalue weighted by molar-refractivity contribution is 0.0673. The zero-order valence-corrected chi connectivity index (χ0v) is 18.6. The Morgan fingerprint density at radius 2 is 1.89 bits per heavy atom. The van der Waals surface area contributed by atoms with E-state index < -0.39 is 11.6 Å². The van der Waals surface area contributed by atoms with Gasteiger partial charge in [-0.25, -0.2) is 13.5 Å². The second-order valence-corrected chi connectivity index (χ2v) is 8.40. The van der Waals surface area contributed by atoms with Crippen LogP contribution in [0.3, 0.4) is 0 Å². The first-order valence-electron chi connectivity index (χ1n) is 11.4. The smallest absolute Gasteiger partial charge is 0.227 e. The van der Waals surface area contributed by atoms with Crippen molar-refractivity contribution in [3.05, 3.63) is 65.9 Å². The van der Waals surface area contributed by atoms with Gasteiger partial charge in [-0.2, -0.15) is 20.2 Å². The Balaban J connectivity index is 1.39. The minimum Gasteiger partial charge on any atom is -0.381 e. The van der Waals surface area contributed by atoms with Gasteiger partial charge in [0.15, 0.2) is 11.5 Å². The van der Waals surface area contributed by atoms with Gasteiger partial charge >= 0.3 is 0 Å². The van der Waals surface area contributed by atoms with Crippen LogP contribution in [0.2, 0.25) is 0 Å². The molecule has 1 aliphatic heterocycles. The molecule has 0 amide bonds. The fourth-order valence-electron chi connectivity index (χ4n) is 4.31. The van der Waals surface area contributed by atoms with E-state index in [2.05, 4.69) is 30.9 Å². The van der Waals surface area contributed by atoms with E-state index in [4.69, 9.17) is 9.72 Å². The summed E-state index contributed by atoms with van der Waals surface area (Å²) < 4.78 is 34.9. The maximum Gasteiger partial charge on any atom is 0.227 e. The Bertz CT molecular complexity index is 1510. The number of benzene rings is 2. The number of halogens is 2. The van der Waals surface area contributed by atoms with Crippen LogP contribution in [0.5, 0.6) is 0 Å². The first-order chi connectivity index (χ1) is 17.2. The summed E-state index contributed by atoms with van der Waals surface area (Å²) in [6.07, 6.45) is 3.40. The van der Waals surface area contributed by atoms with E-state index in [1.54, 1.807) is 6.20 Å². The van der Waals surface area contributed by atoms with Crippen molar-refractivity contribution in [3.63, 3.8) is 0 Å². The maximum atomic E-state index is 14.2. The van der Waals surface area contributed by atoms with Gasteiger partial charge in [0, 0.05) is 36.8 Å². The normalized spacial score (nSPS) is 14.6. The summed E-state index contributed by atoms with van der Waals surface area (Å²) in [6, 6.07) is 11.4. The summed E-state index contributed by atoms with van der Waals surface area (Å²) in [6.45, 7) is 1.42. The Morgan fingerprint density at radius 1 is 1.03 bits per heavy atom. The van der Waals surface area contributed by atoms with Crippen LogP contribution in [-0.4, -0.2) is 43.2 Å². The molecule has 3 N–H and O–H groups in total. The van der Waals surface area contributed by atoms with Gasteiger partial charge < -0.3 is 15.4 Å². The highest BCUT2D eigenvalue weighted by Gasteiger charge is 2.22. The predicted molar refractivity (Wildman–Crippen MR) is 127 cm³/mol. The third kappa shape index (κ3) is 4.14. The summed E-state index contributed by atoms with van der Waals surface area (Å²) in [5.74, 6) is 0.175. The van der Waals surface area contributed by atoms with Crippen LogP contribution in [0.4, 0.5) is 26.4 Å². The molecule has 3 aromatic heterocycles. The number of aromatic amines is 1. The average molecular weight is 476 g/mol. The number of ether oxygens (including phenoxy) is 1. The molecule has 0 aliphatic carbocycles. The van der Waals surface area contributed by atoms with E-state index in [0.717, 1.165) is 35.2 Å². The first-order valence-corrected chi connectivity index (χ1v) is 11.4. The van der Waals surface area contributed by atoms with Crippen molar-refractivity contribution >= 4 is 39.5 Å². The number of fused-ring (bicyclic) bond motifs is 2. The highest BCUT2D eigenvalue weighted by Crippen LogP contribution is 2.31. The summed E-state index contributed by atoms with van der Waals surface area (Å²) in [5, 5.41) is 20.0. The van der Waals surface area contributed by atoms with E-state index in [1.807, 2.05) is 28.9 Å². The highest BCUT2D eigenvalue weighted by atomic mass is 19.1. The molecule has 0 spiro atoms. The Kier molecular flexibility index (Phi) is 5.45. The molecule has 0 bridgehead atoms. The van der Waals surface area contributed by atoms with Crippen LogP contribution in [0, 0.1) is 11.6 Å². The number of hydrogen-bond donors (Lipinski definition) is 3. The lowest BCUT2D eigenvalue weighted by atomic mass is 10.1. The van der Waals surface area contributed by atoms with Crippen molar-refractivity contribution in [3.8, 4) is 0 Å². The quantitative estimate of drug-likeness (QED) is 0.327. The Morgan fingerprint density at radius 3 is 2.74 bits per heavy atom. The zero-order valence-electron chi connectivity index (χ0n) is 18.6. The van der Waals surface area contributed by atoms with E-state index in [9.17, 15) is 8.78 Å². The van der Waals surface area contributed by atoms with Crippen molar-refractivity contribution in [2.45, 2.75) is 25.4 Å². The van der Waals surface area contributed by atoms with E-state index in [-0.39, 0.29) is 18.5 Å². The Labute approximate surface area is 198 Å². The van der Waals surface area contributed by atoms with Gasteiger partial charge in [0.2, 0.25) is 5.95 Å². The van der Waals surface area contributed by atoms with Crippen molar-refractivity contribution in [1.82, 2.24) is 29.9 Å². The lowest BCUT2D eigenvalue weighted by Gasteiger charge is -2.22. The van der Waals surface area contributed by atoms with Crippen molar-refractivity contribution < 1.29 is 13.5 Å². The fourth-order valence-corrected chi connectivity index (χ4v) is 4.31. The molecule has 1 aliphatic rings.